The maximum atomic E-state index is 12.5. The highest BCUT2D eigenvalue weighted by Crippen LogP contribution is 2.20. The second-order valence-corrected chi connectivity index (χ2v) is 6.57. The van der Waals surface area contributed by atoms with Gasteiger partial charge in [-0.25, -0.2) is 0 Å². The van der Waals surface area contributed by atoms with Crippen molar-refractivity contribution in [2.24, 2.45) is 5.73 Å². The van der Waals surface area contributed by atoms with Crippen LogP contribution >= 0.6 is 11.6 Å². The molecule has 0 bridgehead atoms. The van der Waals surface area contributed by atoms with Gasteiger partial charge in [0.25, 0.3) is 5.91 Å². The van der Waals surface area contributed by atoms with Crippen LogP contribution in [0.1, 0.15) is 15.9 Å². The largest absolute Gasteiger partial charge is 0.368 e. The molecule has 3 aromatic rings. The van der Waals surface area contributed by atoms with Gasteiger partial charge in [0.1, 0.15) is 6.04 Å². The molecule has 0 aliphatic heterocycles. The summed E-state index contributed by atoms with van der Waals surface area (Å²) in [5.41, 5.74) is 8.75. The lowest BCUT2D eigenvalue weighted by Gasteiger charge is -2.16. The molecule has 0 aliphatic carbocycles. The summed E-state index contributed by atoms with van der Waals surface area (Å²) in [6.07, 6.45) is 0.239. The average molecular weight is 379 g/mol. The molecule has 136 valence electrons. The summed E-state index contributed by atoms with van der Waals surface area (Å²) in [6.45, 7) is 0. The van der Waals surface area contributed by atoms with Crippen molar-refractivity contribution in [3.63, 3.8) is 0 Å². The van der Waals surface area contributed by atoms with Gasteiger partial charge in [-0.15, -0.1) is 0 Å². The summed E-state index contributed by atoms with van der Waals surface area (Å²) >= 11 is 6.14. The van der Waals surface area contributed by atoms with Gasteiger partial charge in [0.2, 0.25) is 5.91 Å². The Bertz CT molecular complexity index is 940. The number of amides is 2. The molecule has 3 aromatic carbocycles. The first-order valence-corrected chi connectivity index (χ1v) is 8.91. The highest BCUT2D eigenvalue weighted by Gasteiger charge is 2.20. The molecule has 5 heteroatoms. The second kappa shape index (κ2) is 8.52. The minimum Gasteiger partial charge on any atom is -0.368 e. The SMILES string of the molecule is NC(=O)[C@@H](Cc1ccccc1Cl)NC(=O)c1ccc(-c2ccccc2)cc1. The molecular formula is C22H19ClN2O2. The summed E-state index contributed by atoms with van der Waals surface area (Å²) in [5, 5.41) is 3.23. The Labute approximate surface area is 163 Å². The zero-order valence-electron chi connectivity index (χ0n) is 14.6. The van der Waals surface area contributed by atoms with E-state index < -0.39 is 11.9 Å². The highest BCUT2D eigenvalue weighted by molar-refractivity contribution is 6.31. The summed E-state index contributed by atoms with van der Waals surface area (Å²) in [5.74, 6) is -0.963. The first-order valence-electron chi connectivity index (χ1n) is 8.53. The molecule has 0 radical (unpaired) electrons. The van der Waals surface area contributed by atoms with Crippen molar-refractivity contribution in [3.8, 4) is 11.1 Å². The Hall–Kier alpha value is -3.11. The summed E-state index contributed by atoms with van der Waals surface area (Å²) in [6, 6.07) is 23.4. The third-order valence-corrected chi connectivity index (χ3v) is 4.65. The monoisotopic (exact) mass is 378 g/mol. The zero-order chi connectivity index (χ0) is 19.2. The van der Waals surface area contributed by atoms with Crippen LogP contribution < -0.4 is 11.1 Å². The molecule has 0 unspecified atom stereocenters. The van der Waals surface area contributed by atoms with Gasteiger partial charge >= 0.3 is 0 Å². The Morgan fingerprint density at radius 3 is 2.07 bits per heavy atom. The molecule has 0 aromatic heterocycles. The van der Waals surface area contributed by atoms with E-state index in [9.17, 15) is 9.59 Å². The lowest BCUT2D eigenvalue weighted by Crippen LogP contribution is -2.45. The van der Waals surface area contributed by atoms with Crippen molar-refractivity contribution in [1.29, 1.82) is 0 Å². The summed E-state index contributed by atoms with van der Waals surface area (Å²) in [7, 11) is 0. The number of benzene rings is 3. The van der Waals surface area contributed by atoms with Crippen LogP contribution in [0.2, 0.25) is 5.02 Å². The normalized spacial score (nSPS) is 11.6. The van der Waals surface area contributed by atoms with Gasteiger partial charge < -0.3 is 11.1 Å². The van der Waals surface area contributed by atoms with E-state index in [1.54, 1.807) is 30.3 Å². The maximum absolute atomic E-state index is 12.5. The number of carbonyl (C=O) groups is 2. The molecular weight excluding hydrogens is 360 g/mol. The van der Waals surface area contributed by atoms with Crippen molar-refractivity contribution in [1.82, 2.24) is 5.32 Å². The van der Waals surface area contributed by atoms with E-state index in [1.807, 2.05) is 48.5 Å². The fourth-order valence-corrected chi connectivity index (χ4v) is 3.01. The van der Waals surface area contributed by atoms with Crippen LogP contribution in [0.4, 0.5) is 0 Å². The summed E-state index contributed by atoms with van der Waals surface area (Å²) in [4.78, 5) is 24.3. The number of carbonyl (C=O) groups excluding carboxylic acids is 2. The molecule has 0 heterocycles. The predicted molar refractivity (Wildman–Crippen MR) is 107 cm³/mol. The number of hydrogen-bond acceptors (Lipinski definition) is 2. The van der Waals surface area contributed by atoms with Gasteiger partial charge in [-0.3, -0.25) is 9.59 Å². The standard InChI is InChI=1S/C22H19ClN2O2/c23-19-9-5-4-8-18(19)14-20(21(24)26)25-22(27)17-12-10-16(11-13-17)15-6-2-1-3-7-15/h1-13,20H,14H2,(H2,24,26)(H,25,27)/t20-/m1/s1. The van der Waals surface area contributed by atoms with Crippen molar-refractivity contribution in [2.75, 3.05) is 0 Å². The molecule has 27 heavy (non-hydrogen) atoms. The molecule has 0 fully saturated rings. The molecule has 2 amide bonds. The number of nitrogens with one attached hydrogen (secondary N) is 1. The number of hydrogen-bond donors (Lipinski definition) is 2. The van der Waals surface area contributed by atoms with E-state index >= 15 is 0 Å². The molecule has 0 spiro atoms. The highest BCUT2D eigenvalue weighted by atomic mass is 35.5. The van der Waals surface area contributed by atoms with Crippen LogP contribution in [0.25, 0.3) is 11.1 Å². The van der Waals surface area contributed by atoms with Gasteiger partial charge in [0.15, 0.2) is 0 Å². The zero-order valence-corrected chi connectivity index (χ0v) is 15.3. The van der Waals surface area contributed by atoms with Crippen LogP contribution in [-0.4, -0.2) is 17.9 Å². The summed E-state index contributed by atoms with van der Waals surface area (Å²) < 4.78 is 0. The first-order chi connectivity index (χ1) is 13.0. The van der Waals surface area contributed by atoms with Crippen molar-refractivity contribution >= 4 is 23.4 Å². The van der Waals surface area contributed by atoms with E-state index in [2.05, 4.69) is 5.32 Å². The van der Waals surface area contributed by atoms with Crippen molar-refractivity contribution in [2.45, 2.75) is 12.5 Å². The minimum atomic E-state index is -0.841. The molecule has 0 saturated heterocycles. The maximum Gasteiger partial charge on any atom is 0.251 e. The quantitative estimate of drug-likeness (QED) is 0.684. The molecule has 3 rings (SSSR count). The number of nitrogens with two attached hydrogens (primary N) is 1. The van der Waals surface area contributed by atoms with Gasteiger partial charge in [0, 0.05) is 17.0 Å². The lowest BCUT2D eigenvalue weighted by atomic mass is 10.0. The van der Waals surface area contributed by atoms with Crippen LogP contribution in [0.15, 0.2) is 78.9 Å². The Morgan fingerprint density at radius 2 is 1.44 bits per heavy atom. The van der Waals surface area contributed by atoms with E-state index in [4.69, 9.17) is 17.3 Å². The topological polar surface area (TPSA) is 72.2 Å². The minimum absolute atomic E-state index is 0.239. The lowest BCUT2D eigenvalue weighted by molar-refractivity contribution is -0.119. The van der Waals surface area contributed by atoms with Gasteiger partial charge in [0.05, 0.1) is 0 Å². The molecule has 0 aliphatic rings. The fraction of sp³-hybridized carbons (Fsp3) is 0.0909. The van der Waals surface area contributed by atoms with E-state index in [1.165, 1.54) is 0 Å². The Kier molecular flexibility index (Phi) is 5.89. The van der Waals surface area contributed by atoms with E-state index in [0.717, 1.165) is 16.7 Å². The van der Waals surface area contributed by atoms with Crippen LogP contribution in [-0.2, 0) is 11.2 Å². The van der Waals surface area contributed by atoms with Gasteiger partial charge in [-0.1, -0.05) is 72.3 Å². The predicted octanol–water partition coefficient (Wildman–Crippen LogP) is 3.83. The smallest absolute Gasteiger partial charge is 0.251 e. The molecule has 3 N–H and O–H groups in total. The molecule has 4 nitrogen and oxygen atoms in total. The van der Waals surface area contributed by atoms with Gasteiger partial charge in [-0.2, -0.15) is 0 Å². The number of primary amides is 1. The van der Waals surface area contributed by atoms with Gasteiger partial charge in [-0.05, 0) is 34.9 Å². The van der Waals surface area contributed by atoms with Crippen LogP contribution in [0.5, 0.6) is 0 Å². The fourth-order valence-electron chi connectivity index (χ4n) is 2.79. The number of halogens is 1. The second-order valence-electron chi connectivity index (χ2n) is 6.17. The third kappa shape index (κ3) is 4.74. The Morgan fingerprint density at radius 1 is 0.852 bits per heavy atom. The number of rotatable bonds is 6. The van der Waals surface area contributed by atoms with E-state index in [-0.39, 0.29) is 12.3 Å². The molecule has 1 atom stereocenters. The average Bonchev–Trinajstić information content (AvgIpc) is 2.69. The van der Waals surface area contributed by atoms with Crippen LogP contribution in [0.3, 0.4) is 0 Å². The third-order valence-electron chi connectivity index (χ3n) is 4.28. The van der Waals surface area contributed by atoms with Crippen molar-refractivity contribution < 1.29 is 9.59 Å². The van der Waals surface area contributed by atoms with E-state index in [0.29, 0.717) is 10.6 Å². The Balaban J connectivity index is 1.72. The van der Waals surface area contributed by atoms with Crippen LogP contribution in [0, 0.1) is 0 Å². The first kappa shape index (κ1) is 18.7. The molecule has 0 saturated carbocycles. The van der Waals surface area contributed by atoms with Crippen molar-refractivity contribution in [3.05, 3.63) is 95.0 Å².